The summed E-state index contributed by atoms with van der Waals surface area (Å²) < 4.78 is 51.7. The van der Waals surface area contributed by atoms with Crippen LogP contribution in [0.25, 0.3) is 11.1 Å². The number of amidine groups is 1. The van der Waals surface area contributed by atoms with Gasteiger partial charge in [0.2, 0.25) is 5.54 Å². The number of nitrogens with zero attached hydrogens (tertiary/aromatic N) is 2. The highest BCUT2D eigenvalue weighted by Gasteiger charge is 2.58. The molecule has 1 unspecified atom stereocenters. The number of aromatic nitrogens is 1. The third-order valence-corrected chi connectivity index (χ3v) is 3.99. The fraction of sp³-hybridized carbons (Fsp3) is 0.294. The van der Waals surface area contributed by atoms with Gasteiger partial charge in [-0.3, -0.25) is 4.98 Å². The molecule has 0 saturated carbocycles. The van der Waals surface area contributed by atoms with Crippen molar-refractivity contribution in [1.29, 1.82) is 0 Å². The van der Waals surface area contributed by atoms with Gasteiger partial charge >= 0.3 is 6.18 Å². The van der Waals surface area contributed by atoms with Gasteiger partial charge in [-0.25, -0.2) is 4.99 Å². The van der Waals surface area contributed by atoms with Gasteiger partial charge in [-0.15, -0.1) is 0 Å². The highest BCUT2D eigenvalue weighted by molar-refractivity contribution is 5.83. The Labute approximate surface area is 142 Å². The van der Waals surface area contributed by atoms with E-state index in [1.54, 1.807) is 18.3 Å². The number of nitrogens with two attached hydrogens (primary N) is 1. The molecule has 3 rings (SSSR count). The Hall–Kier alpha value is -2.61. The molecule has 0 radical (unpaired) electrons. The van der Waals surface area contributed by atoms with Crippen LogP contribution in [0.2, 0.25) is 0 Å². The lowest BCUT2D eigenvalue weighted by atomic mass is 9.88. The molecule has 0 fully saturated rings. The van der Waals surface area contributed by atoms with Gasteiger partial charge in [0.05, 0.1) is 19.9 Å². The molecule has 2 heterocycles. The van der Waals surface area contributed by atoms with E-state index in [1.165, 1.54) is 31.5 Å². The maximum Gasteiger partial charge on any atom is 0.420 e. The van der Waals surface area contributed by atoms with Crippen LogP contribution in [0, 0.1) is 0 Å². The molecule has 1 atom stereocenters. The Morgan fingerprint density at radius 2 is 2.00 bits per heavy atom. The average Bonchev–Trinajstić information content (AvgIpc) is 2.61. The summed E-state index contributed by atoms with van der Waals surface area (Å²) in [6, 6.07) is 7.73. The number of hydrogen-bond acceptors (Lipinski definition) is 5. The summed E-state index contributed by atoms with van der Waals surface area (Å²) in [5.41, 5.74) is 4.17. The molecule has 25 heavy (non-hydrogen) atoms. The van der Waals surface area contributed by atoms with Crippen molar-refractivity contribution in [2.45, 2.75) is 11.7 Å². The van der Waals surface area contributed by atoms with Crippen molar-refractivity contribution in [3.63, 3.8) is 0 Å². The van der Waals surface area contributed by atoms with E-state index < -0.39 is 18.3 Å². The van der Waals surface area contributed by atoms with Crippen molar-refractivity contribution in [1.82, 2.24) is 4.98 Å². The molecule has 132 valence electrons. The molecule has 0 aliphatic carbocycles. The first-order valence-electron chi connectivity index (χ1n) is 7.44. The summed E-state index contributed by atoms with van der Waals surface area (Å²) in [6.07, 6.45) is -1.58. The quantitative estimate of drug-likeness (QED) is 0.923. The van der Waals surface area contributed by atoms with Crippen molar-refractivity contribution in [3.05, 3.63) is 48.3 Å². The first-order chi connectivity index (χ1) is 11.9. The fourth-order valence-corrected chi connectivity index (χ4v) is 2.71. The van der Waals surface area contributed by atoms with Crippen LogP contribution in [0.15, 0.2) is 47.7 Å². The monoisotopic (exact) mass is 351 g/mol. The van der Waals surface area contributed by atoms with Crippen LogP contribution in [0.3, 0.4) is 0 Å². The number of hydrogen-bond donors (Lipinski definition) is 1. The van der Waals surface area contributed by atoms with Gasteiger partial charge in [0.25, 0.3) is 0 Å². The molecule has 1 aliphatic heterocycles. The minimum Gasteiger partial charge on any atom is -0.495 e. The molecule has 0 spiro atoms. The van der Waals surface area contributed by atoms with Gasteiger partial charge in [0.1, 0.15) is 18.2 Å². The van der Waals surface area contributed by atoms with Crippen molar-refractivity contribution < 1.29 is 22.6 Å². The van der Waals surface area contributed by atoms with Crippen LogP contribution in [0.5, 0.6) is 5.75 Å². The van der Waals surface area contributed by atoms with Gasteiger partial charge in [-0.1, -0.05) is 18.2 Å². The number of halogens is 3. The highest BCUT2D eigenvalue weighted by Crippen LogP contribution is 2.44. The Morgan fingerprint density at radius 3 is 2.68 bits per heavy atom. The van der Waals surface area contributed by atoms with Crippen LogP contribution < -0.4 is 10.5 Å². The van der Waals surface area contributed by atoms with Gasteiger partial charge in [0.15, 0.2) is 0 Å². The summed E-state index contributed by atoms with van der Waals surface area (Å²) in [4.78, 5) is 7.76. The predicted molar refractivity (Wildman–Crippen MR) is 86.4 cm³/mol. The van der Waals surface area contributed by atoms with E-state index in [2.05, 4.69) is 9.98 Å². The van der Waals surface area contributed by atoms with Crippen molar-refractivity contribution >= 4 is 5.84 Å². The molecule has 5 nitrogen and oxygen atoms in total. The van der Waals surface area contributed by atoms with Crippen LogP contribution in [0.4, 0.5) is 13.2 Å². The lowest BCUT2D eigenvalue weighted by Gasteiger charge is -2.35. The normalized spacial score (nSPS) is 20.9. The maximum atomic E-state index is 13.8. The molecule has 2 aromatic rings. The van der Waals surface area contributed by atoms with Gasteiger partial charge < -0.3 is 15.2 Å². The lowest BCUT2D eigenvalue weighted by Crippen LogP contribution is -2.49. The number of pyridine rings is 1. The number of aliphatic imine (C=N–C) groups is 1. The molecule has 8 heteroatoms. The average molecular weight is 351 g/mol. The van der Waals surface area contributed by atoms with Crippen molar-refractivity contribution in [2.24, 2.45) is 10.7 Å². The van der Waals surface area contributed by atoms with E-state index in [9.17, 15) is 13.2 Å². The fourth-order valence-electron chi connectivity index (χ4n) is 2.71. The first kappa shape index (κ1) is 17.2. The number of rotatable bonds is 3. The van der Waals surface area contributed by atoms with Crippen LogP contribution in [-0.2, 0) is 10.3 Å². The molecule has 1 aromatic carbocycles. The Kier molecular flexibility index (Phi) is 4.38. The third kappa shape index (κ3) is 3.17. The summed E-state index contributed by atoms with van der Waals surface area (Å²) in [5, 5.41) is 0. The molecule has 1 aromatic heterocycles. The molecule has 1 aliphatic rings. The van der Waals surface area contributed by atoms with E-state index in [1.807, 2.05) is 0 Å². The van der Waals surface area contributed by atoms with Crippen LogP contribution >= 0.6 is 0 Å². The second-order valence-electron chi connectivity index (χ2n) is 5.65. The molecular formula is C17H16F3N3O2. The minimum absolute atomic E-state index is 0.0389. The summed E-state index contributed by atoms with van der Waals surface area (Å²) in [6.45, 7) is -0.728. The number of methoxy groups -OCH3 is 1. The molecule has 0 saturated heterocycles. The van der Waals surface area contributed by atoms with Gasteiger partial charge in [-0.2, -0.15) is 13.2 Å². The second-order valence-corrected chi connectivity index (χ2v) is 5.65. The highest BCUT2D eigenvalue weighted by atomic mass is 19.4. The smallest absolute Gasteiger partial charge is 0.420 e. The van der Waals surface area contributed by atoms with E-state index in [-0.39, 0.29) is 18.0 Å². The predicted octanol–water partition coefficient (Wildman–Crippen LogP) is 2.90. The van der Waals surface area contributed by atoms with Crippen molar-refractivity contribution in [2.75, 3.05) is 20.3 Å². The van der Waals surface area contributed by atoms with Crippen LogP contribution in [-0.4, -0.2) is 37.3 Å². The van der Waals surface area contributed by atoms with Crippen molar-refractivity contribution in [3.8, 4) is 16.9 Å². The Morgan fingerprint density at radius 1 is 1.20 bits per heavy atom. The summed E-state index contributed by atoms with van der Waals surface area (Å²) in [5.74, 6) is 0.328. The van der Waals surface area contributed by atoms with E-state index >= 15 is 0 Å². The zero-order valence-electron chi connectivity index (χ0n) is 13.4. The molecule has 0 bridgehead atoms. The van der Waals surface area contributed by atoms with E-state index in [0.29, 0.717) is 16.9 Å². The SMILES string of the molecule is COc1cncc(-c2cccc(C3(C(F)(F)F)COCC(N)=N3)c2)c1. The van der Waals surface area contributed by atoms with E-state index in [0.717, 1.165) is 0 Å². The largest absolute Gasteiger partial charge is 0.495 e. The molecule has 2 N–H and O–H groups in total. The molecular weight excluding hydrogens is 335 g/mol. The lowest BCUT2D eigenvalue weighted by molar-refractivity contribution is -0.205. The number of alkyl halides is 3. The van der Waals surface area contributed by atoms with Gasteiger partial charge in [0, 0.05) is 11.8 Å². The number of ether oxygens (including phenoxy) is 2. The Bertz CT molecular complexity index is 808. The maximum absolute atomic E-state index is 13.8. The standard InChI is InChI=1S/C17H16F3N3O2/c1-24-14-6-12(7-22-8-14)11-3-2-4-13(5-11)16(17(18,19)20)10-25-9-15(21)23-16/h2-8H,9-10H2,1H3,(H2,21,23). The first-order valence-corrected chi connectivity index (χ1v) is 7.44. The topological polar surface area (TPSA) is 69.7 Å². The minimum atomic E-state index is -4.65. The third-order valence-electron chi connectivity index (χ3n) is 3.99. The van der Waals surface area contributed by atoms with Crippen LogP contribution in [0.1, 0.15) is 5.56 Å². The molecule has 0 amide bonds. The Balaban J connectivity index is 2.12. The summed E-state index contributed by atoms with van der Waals surface area (Å²) in [7, 11) is 1.49. The zero-order valence-corrected chi connectivity index (χ0v) is 13.4. The van der Waals surface area contributed by atoms with E-state index in [4.69, 9.17) is 15.2 Å². The zero-order chi connectivity index (χ0) is 18.1. The number of benzene rings is 1. The second kappa shape index (κ2) is 6.36. The van der Waals surface area contributed by atoms with Gasteiger partial charge in [-0.05, 0) is 23.3 Å². The summed E-state index contributed by atoms with van der Waals surface area (Å²) >= 11 is 0.